The smallest absolute Gasteiger partial charge is 0.258 e. The number of hydrogen-bond donors (Lipinski definition) is 1. The van der Waals surface area contributed by atoms with E-state index in [4.69, 9.17) is 4.52 Å². The quantitative estimate of drug-likeness (QED) is 0.708. The second-order valence-electron chi connectivity index (χ2n) is 6.94. The predicted octanol–water partition coefficient (Wildman–Crippen LogP) is 2.68. The number of nitrogens with zero attached hydrogens (tertiary/aromatic N) is 3. The van der Waals surface area contributed by atoms with Crippen LogP contribution >= 0.6 is 0 Å². The Labute approximate surface area is 164 Å². The Bertz CT molecular complexity index is 1080. The van der Waals surface area contributed by atoms with E-state index in [9.17, 15) is 8.42 Å². The molecule has 0 bridgehead atoms. The molecule has 8 heteroatoms. The van der Waals surface area contributed by atoms with Gasteiger partial charge in [0.05, 0.1) is 23.3 Å². The van der Waals surface area contributed by atoms with E-state index >= 15 is 0 Å². The molecule has 2 aromatic heterocycles. The first-order valence-corrected chi connectivity index (χ1v) is 11.0. The fraction of sp³-hybridized carbons (Fsp3) is 0.400. The monoisotopic (exact) mass is 400 g/mol. The van der Waals surface area contributed by atoms with E-state index in [0.29, 0.717) is 42.8 Å². The first-order chi connectivity index (χ1) is 13.5. The Kier molecular flexibility index (Phi) is 5.18. The zero-order chi connectivity index (χ0) is 19.7. The van der Waals surface area contributed by atoms with Crippen LogP contribution in [0.3, 0.4) is 0 Å². The van der Waals surface area contributed by atoms with Crippen molar-refractivity contribution in [2.45, 2.75) is 37.6 Å². The summed E-state index contributed by atoms with van der Waals surface area (Å²) in [5.41, 5.74) is 3.30. The molecule has 1 N–H and O–H groups in total. The van der Waals surface area contributed by atoms with E-state index in [1.54, 1.807) is 10.4 Å². The molecule has 0 aliphatic carbocycles. The molecule has 148 valence electrons. The molecule has 7 nitrogen and oxygen atoms in total. The van der Waals surface area contributed by atoms with Crippen molar-refractivity contribution < 1.29 is 12.9 Å². The fourth-order valence-electron chi connectivity index (χ4n) is 3.62. The summed E-state index contributed by atoms with van der Waals surface area (Å²) >= 11 is 0. The number of fused-ring (bicyclic) bond motifs is 1. The summed E-state index contributed by atoms with van der Waals surface area (Å²) in [6, 6.07) is 9.55. The van der Waals surface area contributed by atoms with Gasteiger partial charge in [0.1, 0.15) is 4.90 Å². The van der Waals surface area contributed by atoms with Crippen LogP contribution in [-0.4, -0.2) is 42.5 Å². The van der Waals surface area contributed by atoms with E-state index in [2.05, 4.69) is 34.5 Å². The third-order valence-corrected chi connectivity index (χ3v) is 7.16. The first kappa shape index (κ1) is 19.0. The predicted molar refractivity (Wildman–Crippen MR) is 107 cm³/mol. The topological polar surface area (TPSA) is 88.3 Å². The van der Waals surface area contributed by atoms with Crippen LogP contribution in [0, 0.1) is 0 Å². The number of nitrogens with one attached hydrogen (secondary N) is 1. The van der Waals surface area contributed by atoms with Crippen molar-refractivity contribution in [1.29, 1.82) is 0 Å². The van der Waals surface area contributed by atoms with Crippen molar-refractivity contribution in [2.24, 2.45) is 0 Å². The second-order valence-corrected chi connectivity index (χ2v) is 8.83. The lowest BCUT2D eigenvalue weighted by molar-refractivity contribution is 0.271. The normalized spacial score (nSPS) is 18.6. The highest BCUT2D eigenvalue weighted by Crippen LogP contribution is 2.30. The first-order valence-electron chi connectivity index (χ1n) is 9.60. The van der Waals surface area contributed by atoms with E-state index in [-0.39, 0.29) is 10.9 Å². The Morgan fingerprint density at radius 1 is 1.21 bits per heavy atom. The molecule has 1 atom stereocenters. The molecule has 0 radical (unpaired) electrons. The molecule has 1 fully saturated rings. The Morgan fingerprint density at radius 3 is 2.71 bits per heavy atom. The SMILES string of the molecule is CCc1ccc(C2CNCCN2S(=O)(=O)c2cnc3onc(CC)c3c2)cc1. The minimum absolute atomic E-state index is 0.176. The number of piperazine rings is 1. The number of aryl methyl sites for hydroxylation is 2. The highest BCUT2D eigenvalue weighted by Gasteiger charge is 2.35. The Balaban J connectivity index is 1.73. The average molecular weight is 401 g/mol. The third-order valence-electron chi connectivity index (χ3n) is 5.29. The van der Waals surface area contributed by atoms with Crippen LogP contribution in [-0.2, 0) is 22.9 Å². The Morgan fingerprint density at radius 2 is 2.00 bits per heavy atom. The van der Waals surface area contributed by atoms with Gasteiger partial charge in [-0.1, -0.05) is 43.3 Å². The lowest BCUT2D eigenvalue weighted by Gasteiger charge is -2.35. The van der Waals surface area contributed by atoms with Gasteiger partial charge in [0, 0.05) is 19.6 Å². The van der Waals surface area contributed by atoms with E-state index in [1.165, 1.54) is 11.8 Å². The van der Waals surface area contributed by atoms with Gasteiger partial charge < -0.3 is 9.84 Å². The number of sulfonamides is 1. The van der Waals surface area contributed by atoms with Crippen LogP contribution in [0.2, 0.25) is 0 Å². The summed E-state index contributed by atoms with van der Waals surface area (Å²) < 4.78 is 33.7. The minimum Gasteiger partial charge on any atom is -0.336 e. The molecule has 28 heavy (non-hydrogen) atoms. The average Bonchev–Trinajstić information content (AvgIpc) is 3.16. The standard InChI is InChI=1S/C20H24N4O3S/c1-3-14-5-7-15(8-6-14)19-13-21-9-10-24(19)28(25,26)16-11-17-18(4-2)23-27-20(17)22-12-16/h5-8,11-12,19,21H,3-4,9-10,13H2,1-2H3. The fourth-order valence-corrected chi connectivity index (χ4v) is 5.21. The molecular formula is C20H24N4O3S. The van der Waals surface area contributed by atoms with Gasteiger partial charge in [-0.3, -0.25) is 0 Å². The van der Waals surface area contributed by atoms with Gasteiger partial charge in [-0.05, 0) is 30.0 Å². The second kappa shape index (κ2) is 7.62. The number of aromatic nitrogens is 2. The van der Waals surface area contributed by atoms with Crippen molar-refractivity contribution in [1.82, 2.24) is 19.8 Å². The van der Waals surface area contributed by atoms with Crippen molar-refractivity contribution in [2.75, 3.05) is 19.6 Å². The van der Waals surface area contributed by atoms with Crippen LogP contribution in [0.15, 0.2) is 45.9 Å². The van der Waals surface area contributed by atoms with Crippen molar-refractivity contribution in [3.8, 4) is 0 Å². The molecule has 4 rings (SSSR count). The molecular weight excluding hydrogens is 376 g/mol. The maximum absolute atomic E-state index is 13.5. The largest absolute Gasteiger partial charge is 0.336 e. The maximum atomic E-state index is 13.5. The summed E-state index contributed by atoms with van der Waals surface area (Å²) in [6.45, 7) is 5.65. The number of benzene rings is 1. The molecule has 0 saturated carbocycles. The van der Waals surface area contributed by atoms with Crippen molar-refractivity contribution >= 4 is 21.1 Å². The summed E-state index contributed by atoms with van der Waals surface area (Å²) in [6.07, 6.45) is 2.97. The number of rotatable bonds is 5. The molecule has 1 aromatic carbocycles. The highest BCUT2D eigenvalue weighted by molar-refractivity contribution is 7.89. The van der Waals surface area contributed by atoms with Gasteiger partial charge in [0.25, 0.3) is 5.71 Å². The van der Waals surface area contributed by atoms with Crippen molar-refractivity contribution in [3.63, 3.8) is 0 Å². The summed E-state index contributed by atoms with van der Waals surface area (Å²) in [5, 5.41) is 7.94. The summed E-state index contributed by atoms with van der Waals surface area (Å²) in [4.78, 5) is 4.36. The summed E-state index contributed by atoms with van der Waals surface area (Å²) in [5.74, 6) is 0. The van der Waals surface area contributed by atoms with Crippen LogP contribution < -0.4 is 5.32 Å². The lowest BCUT2D eigenvalue weighted by atomic mass is 10.0. The zero-order valence-electron chi connectivity index (χ0n) is 16.1. The molecule has 1 aliphatic heterocycles. The molecule has 1 saturated heterocycles. The van der Waals surface area contributed by atoms with Crippen molar-refractivity contribution in [3.05, 3.63) is 53.3 Å². The number of pyridine rings is 1. The van der Waals surface area contributed by atoms with Crippen LogP contribution in [0.5, 0.6) is 0 Å². The maximum Gasteiger partial charge on any atom is 0.258 e. The molecule has 0 spiro atoms. The van der Waals surface area contributed by atoms with Gasteiger partial charge in [-0.25, -0.2) is 13.4 Å². The van der Waals surface area contributed by atoms with Crippen LogP contribution in [0.4, 0.5) is 0 Å². The van der Waals surface area contributed by atoms with Gasteiger partial charge in [0.2, 0.25) is 10.0 Å². The molecule has 3 aromatic rings. The van der Waals surface area contributed by atoms with Crippen LogP contribution in [0.25, 0.3) is 11.1 Å². The summed E-state index contributed by atoms with van der Waals surface area (Å²) in [7, 11) is -3.71. The lowest BCUT2D eigenvalue weighted by Crippen LogP contribution is -2.48. The number of hydrogen-bond acceptors (Lipinski definition) is 6. The highest BCUT2D eigenvalue weighted by atomic mass is 32.2. The van der Waals surface area contributed by atoms with E-state index < -0.39 is 10.0 Å². The third kappa shape index (κ3) is 3.32. The molecule has 0 amide bonds. The van der Waals surface area contributed by atoms with Gasteiger partial charge in [-0.2, -0.15) is 4.31 Å². The Hall–Kier alpha value is -2.29. The van der Waals surface area contributed by atoms with Gasteiger partial charge in [0.15, 0.2) is 0 Å². The van der Waals surface area contributed by atoms with E-state index in [1.807, 2.05) is 19.1 Å². The van der Waals surface area contributed by atoms with E-state index in [0.717, 1.165) is 12.0 Å². The molecule has 3 heterocycles. The van der Waals surface area contributed by atoms with Gasteiger partial charge >= 0.3 is 0 Å². The minimum atomic E-state index is -3.71. The molecule has 1 aliphatic rings. The van der Waals surface area contributed by atoms with Gasteiger partial charge in [-0.15, -0.1) is 0 Å². The molecule has 1 unspecified atom stereocenters. The zero-order valence-corrected chi connectivity index (χ0v) is 16.9. The van der Waals surface area contributed by atoms with Crippen LogP contribution in [0.1, 0.15) is 36.7 Å².